The largest absolute Gasteiger partial charge is 0.480 e. The van der Waals surface area contributed by atoms with Gasteiger partial charge in [-0.15, -0.1) is 0 Å². The predicted molar refractivity (Wildman–Crippen MR) is 90.3 cm³/mol. The molecule has 1 saturated heterocycles. The molecular weight excluding hydrogens is 322 g/mol. The van der Waals surface area contributed by atoms with Gasteiger partial charge in [-0.1, -0.05) is 12.1 Å². The number of carbonyl (C=O) groups excluding carboxylic acids is 1. The molecule has 1 aromatic heterocycles. The summed E-state index contributed by atoms with van der Waals surface area (Å²) in [7, 11) is 0. The van der Waals surface area contributed by atoms with E-state index in [-0.39, 0.29) is 18.9 Å². The minimum absolute atomic E-state index is 0.0450. The summed E-state index contributed by atoms with van der Waals surface area (Å²) < 4.78 is 1.89. The molecule has 0 radical (unpaired) electrons. The SMILES string of the molecule is Cc1cc(C)n(Cc2ccc(C(=O)N3C[C@H](O)C[C@H]3C(=O)O)cc2)n1. The third-order valence-electron chi connectivity index (χ3n) is 4.46. The second kappa shape index (κ2) is 6.68. The maximum atomic E-state index is 12.6. The molecule has 0 aliphatic carbocycles. The first-order valence-corrected chi connectivity index (χ1v) is 8.17. The smallest absolute Gasteiger partial charge is 0.326 e. The fraction of sp³-hybridized carbons (Fsp3) is 0.389. The quantitative estimate of drug-likeness (QED) is 0.870. The number of carbonyl (C=O) groups is 2. The van der Waals surface area contributed by atoms with Crippen molar-refractivity contribution in [3.63, 3.8) is 0 Å². The standard InChI is InChI=1S/C18H21N3O4/c1-11-7-12(2)21(19-11)9-13-3-5-14(6-4-13)17(23)20-10-15(22)8-16(20)18(24)25/h3-7,15-16,22H,8-10H2,1-2H3,(H,24,25)/t15-,16+/m1/s1. The number of benzene rings is 1. The number of likely N-dealkylation sites (tertiary alicyclic amines) is 1. The van der Waals surface area contributed by atoms with Crippen LogP contribution in [-0.4, -0.2) is 55.5 Å². The first-order chi connectivity index (χ1) is 11.8. The fourth-order valence-corrected chi connectivity index (χ4v) is 3.20. The number of aromatic nitrogens is 2. The van der Waals surface area contributed by atoms with Crippen LogP contribution in [-0.2, 0) is 11.3 Å². The van der Waals surface area contributed by atoms with E-state index >= 15 is 0 Å². The molecule has 1 amide bonds. The Morgan fingerprint density at radius 2 is 1.92 bits per heavy atom. The molecule has 2 aromatic rings. The third kappa shape index (κ3) is 3.56. The molecule has 1 aromatic carbocycles. The number of amides is 1. The van der Waals surface area contributed by atoms with Crippen molar-refractivity contribution in [3.8, 4) is 0 Å². The van der Waals surface area contributed by atoms with E-state index in [1.165, 1.54) is 4.90 Å². The Morgan fingerprint density at radius 1 is 1.24 bits per heavy atom. The minimum atomic E-state index is -1.09. The second-order valence-corrected chi connectivity index (χ2v) is 6.48. The van der Waals surface area contributed by atoms with Crippen LogP contribution in [0.15, 0.2) is 30.3 Å². The molecule has 1 aliphatic rings. The summed E-state index contributed by atoms with van der Waals surface area (Å²) in [6, 6.07) is 8.08. The summed E-state index contributed by atoms with van der Waals surface area (Å²) in [6.45, 7) is 4.58. The number of aliphatic carboxylic acids is 1. The summed E-state index contributed by atoms with van der Waals surface area (Å²) in [5.74, 6) is -1.47. The lowest BCUT2D eigenvalue weighted by Crippen LogP contribution is -2.40. The van der Waals surface area contributed by atoms with Gasteiger partial charge in [0, 0.05) is 24.2 Å². The van der Waals surface area contributed by atoms with Gasteiger partial charge in [0.25, 0.3) is 5.91 Å². The number of β-amino-alcohol motifs (C(OH)–C–C–N with tert-alkyl or cyclic N) is 1. The van der Waals surface area contributed by atoms with Crippen molar-refractivity contribution < 1.29 is 19.8 Å². The molecule has 0 unspecified atom stereocenters. The molecule has 7 heteroatoms. The Morgan fingerprint density at radius 3 is 2.48 bits per heavy atom. The van der Waals surface area contributed by atoms with E-state index in [2.05, 4.69) is 5.10 Å². The molecular formula is C18H21N3O4. The van der Waals surface area contributed by atoms with E-state index in [0.29, 0.717) is 12.1 Å². The van der Waals surface area contributed by atoms with Crippen LogP contribution in [0.3, 0.4) is 0 Å². The zero-order chi connectivity index (χ0) is 18.1. The number of nitrogens with zero attached hydrogens (tertiary/aromatic N) is 3. The van der Waals surface area contributed by atoms with Crippen molar-refractivity contribution in [2.45, 2.75) is 39.0 Å². The van der Waals surface area contributed by atoms with Crippen molar-refractivity contribution in [1.29, 1.82) is 0 Å². The van der Waals surface area contributed by atoms with Gasteiger partial charge in [0.05, 0.1) is 18.3 Å². The first kappa shape index (κ1) is 17.2. The average Bonchev–Trinajstić information content (AvgIpc) is 3.10. The van der Waals surface area contributed by atoms with Crippen molar-refractivity contribution in [3.05, 3.63) is 52.8 Å². The van der Waals surface area contributed by atoms with Crippen LogP contribution in [0, 0.1) is 13.8 Å². The van der Waals surface area contributed by atoms with Crippen molar-refractivity contribution in [2.24, 2.45) is 0 Å². The second-order valence-electron chi connectivity index (χ2n) is 6.48. The van der Waals surface area contributed by atoms with Crippen molar-refractivity contribution in [1.82, 2.24) is 14.7 Å². The van der Waals surface area contributed by atoms with E-state index in [0.717, 1.165) is 17.0 Å². The third-order valence-corrected chi connectivity index (χ3v) is 4.46. The Hall–Kier alpha value is -2.67. The lowest BCUT2D eigenvalue weighted by Gasteiger charge is -2.21. The number of carboxylic acid groups (broad SMARTS) is 1. The summed E-state index contributed by atoms with van der Waals surface area (Å²) >= 11 is 0. The molecule has 132 valence electrons. The van der Waals surface area contributed by atoms with Gasteiger partial charge in [-0.3, -0.25) is 9.48 Å². The van der Waals surface area contributed by atoms with Gasteiger partial charge in [-0.2, -0.15) is 5.10 Å². The molecule has 7 nitrogen and oxygen atoms in total. The molecule has 2 heterocycles. The summed E-state index contributed by atoms with van der Waals surface area (Å²) in [5.41, 5.74) is 3.43. The Kier molecular flexibility index (Phi) is 4.59. The van der Waals surface area contributed by atoms with Gasteiger partial charge in [0.2, 0.25) is 0 Å². The Labute approximate surface area is 145 Å². The highest BCUT2D eigenvalue weighted by Crippen LogP contribution is 2.21. The molecule has 1 fully saturated rings. The average molecular weight is 343 g/mol. The predicted octanol–water partition coefficient (Wildman–Crippen LogP) is 1.21. The van der Waals surface area contributed by atoms with Crippen molar-refractivity contribution in [2.75, 3.05) is 6.54 Å². The van der Waals surface area contributed by atoms with Crippen LogP contribution < -0.4 is 0 Å². The van der Waals surface area contributed by atoms with Gasteiger partial charge >= 0.3 is 5.97 Å². The van der Waals surface area contributed by atoms with Crippen LogP contribution >= 0.6 is 0 Å². The molecule has 25 heavy (non-hydrogen) atoms. The highest BCUT2D eigenvalue weighted by Gasteiger charge is 2.39. The summed E-state index contributed by atoms with van der Waals surface area (Å²) in [5, 5.41) is 23.3. The number of hydrogen-bond acceptors (Lipinski definition) is 4. The number of aliphatic hydroxyl groups excluding tert-OH is 1. The maximum Gasteiger partial charge on any atom is 0.326 e. The van der Waals surface area contributed by atoms with Gasteiger partial charge in [0.1, 0.15) is 6.04 Å². The van der Waals surface area contributed by atoms with Gasteiger partial charge in [-0.05, 0) is 37.6 Å². The highest BCUT2D eigenvalue weighted by molar-refractivity contribution is 5.97. The van der Waals surface area contributed by atoms with Crippen LogP contribution in [0.25, 0.3) is 0 Å². The first-order valence-electron chi connectivity index (χ1n) is 8.17. The highest BCUT2D eigenvalue weighted by atomic mass is 16.4. The molecule has 1 aliphatic heterocycles. The summed E-state index contributed by atoms with van der Waals surface area (Å²) in [6.07, 6.45) is -0.729. The Balaban J connectivity index is 1.74. The number of rotatable bonds is 4. The lowest BCUT2D eigenvalue weighted by molar-refractivity contribution is -0.141. The molecule has 2 atom stereocenters. The molecule has 0 saturated carbocycles. The van der Waals surface area contributed by atoms with Crippen LogP contribution in [0.5, 0.6) is 0 Å². The molecule has 0 bridgehead atoms. The number of aliphatic hydroxyl groups is 1. The topological polar surface area (TPSA) is 95.7 Å². The summed E-state index contributed by atoms with van der Waals surface area (Å²) in [4.78, 5) is 25.1. The maximum absolute atomic E-state index is 12.6. The minimum Gasteiger partial charge on any atom is -0.480 e. The van der Waals surface area contributed by atoms with Crippen molar-refractivity contribution >= 4 is 11.9 Å². The zero-order valence-electron chi connectivity index (χ0n) is 14.2. The van der Waals surface area contributed by atoms with Gasteiger partial charge < -0.3 is 15.1 Å². The van der Waals surface area contributed by atoms with E-state index in [1.807, 2.05) is 36.7 Å². The fourth-order valence-electron chi connectivity index (χ4n) is 3.20. The van der Waals surface area contributed by atoms with E-state index < -0.39 is 18.1 Å². The van der Waals surface area contributed by atoms with E-state index in [4.69, 9.17) is 0 Å². The molecule has 0 spiro atoms. The Bertz CT molecular complexity index is 797. The van der Waals surface area contributed by atoms with Gasteiger partial charge in [0.15, 0.2) is 0 Å². The zero-order valence-corrected chi connectivity index (χ0v) is 14.2. The number of aryl methyl sites for hydroxylation is 2. The van der Waals surface area contributed by atoms with E-state index in [1.54, 1.807) is 12.1 Å². The number of hydrogen-bond donors (Lipinski definition) is 2. The molecule has 2 N–H and O–H groups in total. The van der Waals surface area contributed by atoms with Crippen LogP contribution in [0.4, 0.5) is 0 Å². The van der Waals surface area contributed by atoms with E-state index in [9.17, 15) is 19.8 Å². The monoisotopic (exact) mass is 343 g/mol. The lowest BCUT2D eigenvalue weighted by atomic mass is 10.1. The molecule has 3 rings (SSSR count). The van der Waals surface area contributed by atoms with Crippen LogP contribution in [0.2, 0.25) is 0 Å². The van der Waals surface area contributed by atoms with Crippen LogP contribution in [0.1, 0.15) is 33.7 Å². The van der Waals surface area contributed by atoms with Gasteiger partial charge in [-0.25, -0.2) is 4.79 Å². The number of carboxylic acids is 1. The normalized spacial score (nSPS) is 20.0.